The molecule has 2 aliphatic rings. The number of aromatic nitrogens is 4. The summed E-state index contributed by atoms with van der Waals surface area (Å²) >= 11 is 0.715. The molecule has 2 aliphatic heterocycles. The summed E-state index contributed by atoms with van der Waals surface area (Å²) in [6.45, 7) is -1.47. The summed E-state index contributed by atoms with van der Waals surface area (Å²) in [7, 11) is -4.75. The van der Waals surface area contributed by atoms with Gasteiger partial charge in [0.25, 0.3) is 5.56 Å². The number of hydrogen-bond donors (Lipinski definition) is 3. The zero-order valence-corrected chi connectivity index (χ0v) is 24.4. The Morgan fingerprint density at radius 2 is 1.76 bits per heavy atom. The van der Waals surface area contributed by atoms with E-state index in [9.17, 15) is 18.8 Å². The minimum absolute atomic E-state index is 0.0136. The second-order valence-electron chi connectivity index (χ2n) is 9.50. The highest BCUT2D eigenvalue weighted by Gasteiger charge is 2.56. The van der Waals surface area contributed by atoms with Gasteiger partial charge in [-0.25, -0.2) is 19.1 Å². The first-order valence-corrected chi connectivity index (χ1v) is 16.8. The Balaban J connectivity index is 1.22. The molecule has 0 radical (unpaired) electrons. The molecule has 0 amide bonds. The summed E-state index contributed by atoms with van der Waals surface area (Å²) in [4.78, 5) is 50.3. The standard InChI is InChI=1S/C22H28N4O12P2S/c1-22(2)37-17-15(10-35-39(28,29)30)36-21(18(17)38-22)26-12-23-16-19(26)24-11-25(20(16)27)13-33-8-9-34-40(31,32)41-14-6-4-3-5-7-14/h3-7,11-12,15,17-18,21H,8-10,13H2,1-2H3,(H,31,32)(H2,28,29,30)/t15-,17-,18-,21-/m1/s1. The first-order chi connectivity index (χ1) is 19.3. The summed E-state index contributed by atoms with van der Waals surface area (Å²) < 4.78 is 59.1. The van der Waals surface area contributed by atoms with Crippen LogP contribution in [0.2, 0.25) is 0 Å². The van der Waals surface area contributed by atoms with Gasteiger partial charge in [0.15, 0.2) is 23.2 Å². The Morgan fingerprint density at radius 3 is 2.49 bits per heavy atom. The molecule has 0 aliphatic carbocycles. The number of fused-ring (bicyclic) bond motifs is 2. The van der Waals surface area contributed by atoms with E-state index in [1.54, 1.807) is 44.2 Å². The van der Waals surface area contributed by atoms with Crippen LogP contribution in [0.25, 0.3) is 11.2 Å². The van der Waals surface area contributed by atoms with E-state index in [0.717, 1.165) is 0 Å². The summed E-state index contributed by atoms with van der Waals surface area (Å²) in [5, 5.41) is 0. The van der Waals surface area contributed by atoms with Crippen LogP contribution >= 0.6 is 26.0 Å². The van der Waals surface area contributed by atoms with Gasteiger partial charge < -0.3 is 33.6 Å². The minimum Gasteiger partial charge on any atom is -0.358 e. The lowest BCUT2D eigenvalue weighted by Gasteiger charge is -2.24. The molecule has 2 aromatic heterocycles. The van der Waals surface area contributed by atoms with Gasteiger partial charge in [0, 0.05) is 4.90 Å². The maximum Gasteiger partial charge on any atom is 0.469 e. The molecule has 1 unspecified atom stereocenters. The lowest BCUT2D eigenvalue weighted by molar-refractivity contribution is -0.199. The fourth-order valence-corrected chi connectivity index (χ4v) is 7.22. The van der Waals surface area contributed by atoms with Crippen LogP contribution in [-0.2, 0) is 43.9 Å². The molecule has 2 saturated heterocycles. The second-order valence-corrected chi connectivity index (χ2v) is 14.5. The Morgan fingerprint density at radius 1 is 1.02 bits per heavy atom. The Bertz CT molecular complexity index is 1530. The van der Waals surface area contributed by atoms with Crippen molar-refractivity contribution in [3.8, 4) is 0 Å². The van der Waals surface area contributed by atoms with Gasteiger partial charge in [0.1, 0.15) is 31.4 Å². The molecule has 19 heteroatoms. The van der Waals surface area contributed by atoms with E-state index in [4.69, 9.17) is 33.3 Å². The van der Waals surface area contributed by atoms with Gasteiger partial charge in [0.05, 0.1) is 26.1 Å². The fraction of sp³-hybridized carbons (Fsp3) is 0.500. The van der Waals surface area contributed by atoms with E-state index in [0.29, 0.717) is 16.3 Å². The molecular formula is C22H28N4O12P2S. The maximum atomic E-state index is 13.0. The van der Waals surface area contributed by atoms with Crippen LogP contribution in [0.5, 0.6) is 0 Å². The normalized spacial score (nSPS) is 25.4. The molecular weight excluding hydrogens is 606 g/mol. The quantitative estimate of drug-likeness (QED) is 0.193. The number of nitrogens with zero attached hydrogens (tertiary/aromatic N) is 4. The SMILES string of the molecule is CC1(C)O[C@@H]2[C@H](O1)[C@@H](COP(=O)(O)O)O[C@H]2n1cnc2c(=O)n(COCCOP(=O)(O)Sc3ccccc3)cnc21. The molecule has 2 fully saturated rings. The van der Waals surface area contributed by atoms with Crippen LogP contribution in [0.15, 0.2) is 52.7 Å². The molecule has 4 heterocycles. The van der Waals surface area contributed by atoms with Gasteiger partial charge in [-0.1, -0.05) is 18.2 Å². The topological polar surface area (TPSA) is 203 Å². The number of ether oxygens (including phenoxy) is 4. The zero-order valence-electron chi connectivity index (χ0n) is 21.8. The molecule has 0 bridgehead atoms. The van der Waals surface area contributed by atoms with E-state index in [1.165, 1.54) is 21.8 Å². The van der Waals surface area contributed by atoms with Crippen LogP contribution in [-0.4, -0.2) is 77.7 Å². The van der Waals surface area contributed by atoms with Gasteiger partial charge in [-0.2, -0.15) is 0 Å². The van der Waals surface area contributed by atoms with Crippen molar-refractivity contribution in [2.24, 2.45) is 0 Å². The van der Waals surface area contributed by atoms with E-state index in [2.05, 4.69) is 14.5 Å². The number of benzene rings is 1. The summed E-state index contributed by atoms with van der Waals surface area (Å²) in [6, 6.07) is 8.66. The van der Waals surface area contributed by atoms with Crippen LogP contribution in [0, 0.1) is 0 Å². The largest absolute Gasteiger partial charge is 0.469 e. The maximum absolute atomic E-state index is 13.0. The molecule has 3 N–H and O–H groups in total. The molecule has 5 rings (SSSR count). The molecule has 3 aromatic rings. The molecule has 0 saturated carbocycles. The van der Waals surface area contributed by atoms with Crippen molar-refractivity contribution in [3.63, 3.8) is 0 Å². The summed E-state index contributed by atoms with van der Waals surface area (Å²) in [5.74, 6) is -1.00. The third kappa shape index (κ3) is 7.33. The third-order valence-corrected chi connectivity index (χ3v) is 9.38. The molecule has 41 heavy (non-hydrogen) atoms. The first kappa shape index (κ1) is 30.5. The van der Waals surface area contributed by atoms with Crippen molar-refractivity contribution in [3.05, 3.63) is 53.3 Å². The van der Waals surface area contributed by atoms with Crippen molar-refractivity contribution >= 4 is 37.2 Å². The number of phosphoric acid groups is 1. The number of rotatable bonds is 12. The van der Waals surface area contributed by atoms with Crippen molar-refractivity contribution in [2.75, 3.05) is 19.8 Å². The van der Waals surface area contributed by atoms with Crippen molar-refractivity contribution in [1.29, 1.82) is 0 Å². The molecule has 224 valence electrons. The molecule has 5 atom stereocenters. The Kier molecular flexibility index (Phi) is 8.89. The highest BCUT2D eigenvalue weighted by molar-refractivity contribution is 8.54. The van der Waals surface area contributed by atoms with Gasteiger partial charge in [-0.3, -0.25) is 23.0 Å². The van der Waals surface area contributed by atoms with Crippen LogP contribution in [0.1, 0.15) is 20.1 Å². The zero-order chi connectivity index (χ0) is 29.4. The van der Waals surface area contributed by atoms with Crippen LogP contribution in [0.4, 0.5) is 0 Å². The first-order valence-electron chi connectivity index (χ1n) is 12.2. The predicted molar refractivity (Wildman–Crippen MR) is 142 cm³/mol. The number of phosphoric ester groups is 1. The van der Waals surface area contributed by atoms with Crippen molar-refractivity contribution in [2.45, 2.75) is 55.8 Å². The lowest BCUT2D eigenvalue weighted by Crippen LogP contribution is -2.32. The molecule has 1 aromatic carbocycles. The van der Waals surface area contributed by atoms with Gasteiger partial charge in [-0.15, -0.1) is 0 Å². The fourth-order valence-electron chi connectivity index (χ4n) is 4.43. The average Bonchev–Trinajstić information content (AvgIpc) is 3.54. The Hall–Kier alpha value is -1.98. The number of imidazole rings is 1. The Labute approximate surface area is 237 Å². The number of hydrogen-bond acceptors (Lipinski definition) is 12. The predicted octanol–water partition coefficient (Wildman–Crippen LogP) is 2.00. The highest BCUT2D eigenvalue weighted by Crippen LogP contribution is 2.59. The monoisotopic (exact) mass is 634 g/mol. The molecule has 0 spiro atoms. The highest BCUT2D eigenvalue weighted by atomic mass is 32.7. The second kappa shape index (κ2) is 12.0. The average molecular weight is 634 g/mol. The van der Waals surface area contributed by atoms with Crippen molar-refractivity contribution < 1.29 is 51.8 Å². The van der Waals surface area contributed by atoms with E-state index >= 15 is 0 Å². The summed E-state index contributed by atoms with van der Waals surface area (Å²) in [6.07, 6.45) is -0.574. The van der Waals surface area contributed by atoms with Gasteiger partial charge >= 0.3 is 14.6 Å². The van der Waals surface area contributed by atoms with E-state index < -0.39 is 57.1 Å². The minimum atomic E-state index is -4.75. The van der Waals surface area contributed by atoms with Crippen molar-refractivity contribution in [1.82, 2.24) is 19.1 Å². The molecule has 16 nitrogen and oxygen atoms in total. The van der Waals surface area contributed by atoms with E-state index in [1.807, 2.05) is 0 Å². The summed E-state index contributed by atoms with van der Waals surface area (Å²) in [5.41, 5.74) is -0.316. The van der Waals surface area contributed by atoms with Gasteiger partial charge in [0.2, 0.25) is 0 Å². The van der Waals surface area contributed by atoms with Gasteiger partial charge in [-0.05, 0) is 37.4 Å². The smallest absolute Gasteiger partial charge is 0.358 e. The lowest BCUT2D eigenvalue weighted by atomic mass is 10.1. The third-order valence-electron chi connectivity index (χ3n) is 6.03. The van der Waals surface area contributed by atoms with Crippen LogP contribution in [0.3, 0.4) is 0 Å². The van der Waals surface area contributed by atoms with E-state index in [-0.39, 0.29) is 31.1 Å². The van der Waals surface area contributed by atoms with Crippen LogP contribution < -0.4 is 5.56 Å².